The number of carbonyl (C=O) groups is 1. The maximum atomic E-state index is 13.5. The first-order valence-corrected chi connectivity index (χ1v) is 18.7. The normalized spacial score (nSPS) is 28.2. The van der Waals surface area contributed by atoms with Gasteiger partial charge in [0.15, 0.2) is 14.6 Å². The summed E-state index contributed by atoms with van der Waals surface area (Å²) in [5.74, 6) is -0.343. The molecule has 8 heteroatoms. The van der Waals surface area contributed by atoms with Gasteiger partial charge < -0.3 is 23.7 Å². The lowest BCUT2D eigenvalue weighted by Gasteiger charge is -2.41. The van der Waals surface area contributed by atoms with Crippen molar-refractivity contribution in [3.05, 3.63) is 66.0 Å². The van der Waals surface area contributed by atoms with E-state index in [1.54, 1.807) is 12.3 Å². The maximum Gasteiger partial charge on any atom is 0.308 e. The van der Waals surface area contributed by atoms with E-state index < -0.39 is 32.4 Å². The van der Waals surface area contributed by atoms with Crippen LogP contribution < -0.4 is 0 Å². The second-order valence-electron chi connectivity index (χ2n) is 13.6. The van der Waals surface area contributed by atoms with Crippen LogP contribution in [-0.4, -0.2) is 61.2 Å². The van der Waals surface area contributed by atoms with Gasteiger partial charge in [-0.15, -0.1) is 0 Å². The summed E-state index contributed by atoms with van der Waals surface area (Å²) in [6, 6.07) is 5.90. The van der Waals surface area contributed by atoms with E-state index in [4.69, 9.17) is 18.6 Å². The Balaban J connectivity index is 2.42. The number of allylic oxidation sites excluding steroid dienone is 3. The van der Waals surface area contributed by atoms with E-state index in [9.17, 15) is 9.90 Å². The number of aliphatic hydroxyl groups is 1. The van der Waals surface area contributed by atoms with E-state index in [0.29, 0.717) is 19.4 Å². The quantitative estimate of drug-likeness (QED) is 0.0942. The summed E-state index contributed by atoms with van der Waals surface area (Å²) < 4.78 is 24.9. The average molecular weight is 616 g/mol. The summed E-state index contributed by atoms with van der Waals surface area (Å²) in [4.78, 5) is 17.9. The Morgan fingerprint density at radius 3 is 2.56 bits per heavy atom. The van der Waals surface area contributed by atoms with Crippen LogP contribution in [0.15, 0.2) is 60.3 Å². The van der Waals surface area contributed by atoms with Gasteiger partial charge in [0.1, 0.15) is 12.2 Å². The van der Waals surface area contributed by atoms with E-state index in [0.717, 1.165) is 11.3 Å². The van der Waals surface area contributed by atoms with E-state index in [-0.39, 0.29) is 35.4 Å². The van der Waals surface area contributed by atoms with Crippen LogP contribution in [0.1, 0.15) is 93.2 Å². The Morgan fingerprint density at radius 2 is 1.95 bits per heavy atom. The Hall–Kier alpha value is -2.10. The molecule has 1 N–H and O–H groups in total. The molecule has 2 rings (SSSR count). The molecule has 2 heterocycles. The Morgan fingerprint density at radius 1 is 1.26 bits per heavy atom. The molecule has 0 saturated carbocycles. The second-order valence-corrected chi connectivity index (χ2v) is 18.4. The topological polar surface area (TPSA) is 87.1 Å². The Labute approximate surface area is 261 Å². The molecule has 7 atom stereocenters. The molecule has 7 nitrogen and oxygen atoms in total. The summed E-state index contributed by atoms with van der Waals surface area (Å²) >= 11 is 0. The van der Waals surface area contributed by atoms with E-state index >= 15 is 0 Å². The molecule has 0 radical (unpaired) electrons. The number of hydrogen-bond donors (Lipinski definition) is 1. The van der Waals surface area contributed by atoms with Crippen molar-refractivity contribution in [1.29, 1.82) is 0 Å². The fraction of sp³-hybridized carbons (Fsp3) is 0.657. The van der Waals surface area contributed by atoms with Gasteiger partial charge >= 0.3 is 5.97 Å². The van der Waals surface area contributed by atoms with Crippen LogP contribution in [0.5, 0.6) is 0 Å². The number of nitrogens with zero attached hydrogens (tertiary/aromatic N) is 1. The molecule has 1 aliphatic heterocycles. The minimum atomic E-state index is -2.20. The number of carbonyl (C=O) groups excluding carboxylic acids is 1. The highest BCUT2D eigenvalue weighted by Crippen LogP contribution is 2.39. The van der Waals surface area contributed by atoms with Crippen LogP contribution in [0.4, 0.5) is 0 Å². The molecule has 1 aromatic heterocycles. The lowest BCUT2D eigenvalue weighted by molar-refractivity contribution is -0.221. The summed E-state index contributed by atoms with van der Waals surface area (Å²) in [7, 11) is -2.20. The molecule has 1 unspecified atom stereocenters. The van der Waals surface area contributed by atoms with Gasteiger partial charge in [-0.25, -0.2) is 0 Å². The van der Waals surface area contributed by atoms with Crippen molar-refractivity contribution in [3.63, 3.8) is 0 Å². The van der Waals surface area contributed by atoms with Crippen LogP contribution in [0.25, 0.3) is 0 Å². The van der Waals surface area contributed by atoms with Gasteiger partial charge in [0.05, 0.1) is 18.1 Å². The number of ether oxygens (including phenoxy) is 3. The van der Waals surface area contributed by atoms with Crippen LogP contribution in [0, 0.1) is 5.92 Å². The molecular weight excluding hydrogens is 558 g/mol. The zero-order valence-electron chi connectivity index (χ0n) is 28.4. The van der Waals surface area contributed by atoms with Crippen molar-refractivity contribution in [1.82, 2.24) is 4.98 Å². The fourth-order valence-electron chi connectivity index (χ4n) is 4.96. The number of pyridine rings is 1. The second kappa shape index (κ2) is 16.3. The van der Waals surface area contributed by atoms with Crippen molar-refractivity contribution >= 4 is 14.3 Å². The summed E-state index contributed by atoms with van der Waals surface area (Å²) in [5.41, 5.74) is 0.963. The maximum absolute atomic E-state index is 13.5. The molecule has 1 aliphatic rings. The molecule has 0 aromatic carbocycles. The van der Waals surface area contributed by atoms with Gasteiger partial charge in [0.25, 0.3) is 0 Å². The van der Waals surface area contributed by atoms with Crippen molar-refractivity contribution < 1.29 is 28.5 Å². The molecule has 1 aromatic rings. The highest BCUT2D eigenvalue weighted by Gasteiger charge is 2.42. The molecule has 0 spiro atoms. The van der Waals surface area contributed by atoms with Gasteiger partial charge in [-0.3, -0.25) is 9.78 Å². The zero-order valence-corrected chi connectivity index (χ0v) is 29.4. The number of aromatic nitrogens is 1. The molecule has 0 amide bonds. The first kappa shape index (κ1) is 37.1. The molecule has 0 aliphatic carbocycles. The van der Waals surface area contributed by atoms with Gasteiger partial charge in [-0.2, -0.15) is 0 Å². The van der Waals surface area contributed by atoms with Crippen LogP contribution in [-0.2, 0) is 23.4 Å². The summed E-state index contributed by atoms with van der Waals surface area (Å²) in [6.07, 6.45) is 10.4. The molecule has 0 fully saturated rings. The number of rotatable bonds is 10. The predicted molar refractivity (Wildman–Crippen MR) is 176 cm³/mol. The molecular formula is C35H57NO6Si. The highest BCUT2D eigenvalue weighted by atomic mass is 28.4. The molecule has 0 saturated heterocycles. The Bertz CT molecular complexity index is 1100. The smallest absolute Gasteiger partial charge is 0.308 e. The van der Waals surface area contributed by atoms with Crippen LogP contribution >= 0.6 is 0 Å². The number of esters is 1. The predicted octanol–water partition coefficient (Wildman–Crippen LogP) is 7.88. The number of cyclic esters (lactones) is 1. The van der Waals surface area contributed by atoms with Crippen molar-refractivity contribution in [2.75, 3.05) is 6.61 Å². The van der Waals surface area contributed by atoms with Crippen molar-refractivity contribution in [2.24, 2.45) is 5.92 Å². The van der Waals surface area contributed by atoms with Gasteiger partial charge in [0, 0.05) is 30.3 Å². The fourth-order valence-corrected chi connectivity index (χ4v) is 6.34. The zero-order chi connectivity index (χ0) is 32.4. The number of aliphatic hydroxyl groups excluding tert-OH is 1. The highest BCUT2D eigenvalue weighted by molar-refractivity contribution is 6.74. The van der Waals surface area contributed by atoms with Gasteiger partial charge in [0.2, 0.25) is 0 Å². The standard InChI is InChI=1S/C35H57NO6Si/c1-12-39-28(5)41-35(9)22-21-29(42-43(10,11)34(6,7)8)24-32(38)40-33(27(4)19-20-31(35)37)26(3)17-15-16-25(2)30-18-13-14-23-36-30/h13-20,23,25,27-29,31,33,37H,12,21-22,24H2,1-11H3/t25-,27+,28?,29-,31+,33-,35-/m1/s1. The molecule has 0 bridgehead atoms. The van der Waals surface area contributed by atoms with Crippen molar-refractivity contribution in [2.45, 2.75) is 136 Å². The molecule has 242 valence electrons. The Kier molecular flexibility index (Phi) is 14.0. The SMILES string of the molecule is CCOC(C)O[C@]1(C)CC[C@@H](O[Si](C)(C)C(C)(C)C)CC(=O)O[C@H](C(C)=CC=C[C@@H](C)c2ccccn2)[C@@H](C)C=C[C@@H]1O. The van der Waals surface area contributed by atoms with E-state index in [1.165, 1.54) is 0 Å². The lowest BCUT2D eigenvalue weighted by Crippen LogP contribution is -2.47. The van der Waals surface area contributed by atoms with Crippen LogP contribution in [0.2, 0.25) is 18.1 Å². The van der Waals surface area contributed by atoms with Gasteiger partial charge in [-0.1, -0.05) is 71.1 Å². The van der Waals surface area contributed by atoms with Gasteiger partial charge in [-0.05, 0) is 76.4 Å². The minimum Gasteiger partial charge on any atom is -0.457 e. The third kappa shape index (κ3) is 11.4. The van der Waals surface area contributed by atoms with Crippen LogP contribution in [0.3, 0.4) is 0 Å². The molecule has 43 heavy (non-hydrogen) atoms. The van der Waals surface area contributed by atoms with E-state index in [1.807, 2.05) is 71.0 Å². The third-order valence-corrected chi connectivity index (χ3v) is 13.3. The summed E-state index contributed by atoms with van der Waals surface area (Å²) in [6.45, 7) is 23.2. The lowest BCUT2D eigenvalue weighted by atomic mass is 9.88. The number of hydrogen-bond acceptors (Lipinski definition) is 7. The first-order valence-electron chi connectivity index (χ1n) is 15.8. The van der Waals surface area contributed by atoms with Crippen molar-refractivity contribution in [3.8, 4) is 0 Å². The average Bonchev–Trinajstić information content (AvgIpc) is 2.92. The monoisotopic (exact) mass is 615 g/mol. The van der Waals surface area contributed by atoms with E-state index in [2.05, 4.69) is 51.8 Å². The minimum absolute atomic E-state index is 0.0265. The summed E-state index contributed by atoms with van der Waals surface area (Å²) in [5, 5.41) is 11.4. The largest absolute Gasteiger partial charge is 0.457 e. The first-order chi connectivity index (χ1) is 20.0. The third-order valence-electron chi connectivity index (χ3n) is 8.78.